The van der Waals surface area contributed by atoms with E-state index in [9.17, 15) is 5.11 Å². The van der Waals surface area contributed by atoms with Gasteiger partial charge in [-0.3, -0.25) is 0 Å². The summed E-state index contributed by atoms with van der Waals surface area (Å²) in [7, 11) is 2.06. The lowest BCUT2D eigenvalue weighted by molar-refractivity contribution is 0.0337. The first-order valence-corrected chi connectivity index (χ1v) is 7.37. The molecule has 3 heteroatoms. The van der Waals surface area contributed by atoms with E-state index in [1.54, 1.807) is 0 Å². The van der Waals surface area contributed by atoms with Crippen molar-refractivity contribution in [3.63, 3.8) is 0 Å². The second kappa shape index (κ2) is 4.33. The molecule has 0 unspecified atom stereocenters. The zero-order valence-corrected chi connectivity index (χ0v) is 12.3. The molecule has 2 heterocycles. The van der Waals surface area contributed by atoms with Crippen LogP contribution >= 0.6 is 0 Å². The summed E-state index contributed by atoms with van der Waals surface area (Å²) in [6.45, 7) is 3.53. The number of nitrogens with zero attached hydrogens (tertiary/aromatic N) is 1. The largest absolute Gasteiger partial charge is 0.456 e. The van der Waals surface area contributed by atoms with Crippen LogP contribution in [0.2, 0.25) is 0 Å². The smallest absolute Gasteiger partial charge is 0.133 e. The molecule has 1 fully saturated rings. The minimum absolute atomic E-state index is 0.0426. The summed E-state index contributed by atoms with van der Waals surface area (Å²) in [4.78, 5) is 2.19. The van der Waals surface area contributed by atoms with Crippen LogP contribution < -0.4 is 4.74 Å². The number of aliphatic hydroxyl groups is 1. The Kier molecular flexibility index (Phi) is 2.65. The summed E-state index contributed by atoms with van der Waals surface area (Å²) in [6.07, 6.45) is 0. The molecular formula is C18H19NO2. The second-order valence-electron chi connectivity index (χ2n) is 6.27. The van der Waals surface area contributed by atoms with Gasteiger partial charge in [-0.15, -0.1) is 0 Å². The van der Waals surface area contributed by atoms with E-state index in [2.05, 4.69) is 31.0 Å². The number of hydrogen-bond acceptors (Lipinski definition) is 3. The van der Waals surface area contributed by atoms with Crippen molar-refractivity contribution in [2.45, 2.75) is 18.4 Å². The van der Waals surface area contributed by atoms with Crippen LogP contribution in [-0.4, -0.2) is 30.1 Å². The number of rotatable bonds is 0. The van der Waals surface area contributed by atoms with Gasteiger partial charge in [0.1, 0.15) is 17.1 Å². The third-order valence-electron chi connectivity index (χ3n) is 4.76. The third-order valence-corrected chi connectivity index (χ3v) is 4.76. The van der Waals surface area contributed by atoms with Crippen LogP contribution in [-0.2, 0) is 5.60 Å². The van der Waals surface area contributed by atoms with Crippen molar-refractivity contribution in [3.05, 3.63) is 59.2 Å². The van der Waals surface area contributed by atoms with E-state index in [1.165, 1.54) is 0 Å². The number of likely N-dealkylation sites (N-methyl/N-ethyl adjacent to an activating group) is 1. The van der Waals surface area contributed by atoms with Crippen LogP contribution in [0.5, 0.6) is 11.5 Å². The summed E-state index contributed by atoms with van der Waals surface area (Å²) in [5, 5.41) is 11.4. The molecule has 2 aliphatic rings. The van der Waals surface area contributed by atoms with Gasteiger partial charge in [-0.05, 0) is 25.6 Å². The average Bonchev–Trinajstić information content (AvgIpc) is 2.72. The van der Waals surface area contributed by atoms with Crippen molar-refractivity contribution < 1.29 is 9.84 Å². The molecule has 0 radical (unpaired) electrons. The monoisotopic (exact) mass is 281 g/mol. The molecule has 0 amide bonds. The fourth-order valence-corrected chi connectivity index (χ4v) is 3.79. The van der Waals surface area contributed by atoms with Gasteiger partial charge in [-0.25, -0.2) is 0 Å². The maximum Gasteiger partial charge on any atom is 0.133 e. The first-order valence-electron chi connectivity index (χ1n) is 7.37. The van der Waals surface area contributed by atoms with E-state index in [1.807, 2.05) is 30.3 Å². The number of likely N-dealkylation sites (tertiary alicyclic amines) is 1. The van der Waals surface area contributed by atoms with Gasteiger partial charge in [0.15, 0.2) is 0 Å². The maximum absolute atomic E-state index is 11.4. The highest BCUT2D eigenvalue weighted by Crippen LogP contribution is 2.52. The first kappa shape index (κ1) is 12.9. The van der Waals surface area contributed by atoms with Crippen LogP contribution in [0.1, 0.15) is 22.6 Å². The van der Waals surface area contributed by atoms with E-state index in [0.29, 0.717) is 6.54 Å². The molecule has 108 valence electrons. The Morgan fingerprint density at radius 2 is 2.00 bits per heavy atom. The lowest BCUT2D eigenvalue weighted by Gasteiger charge is -2.28. The lowest BCUT2D eigenvalue weighted by Crippen LogP contribution is -2.33. The van der Waals surface area contributed by atoms with Gasteiger partial charge >= 0.3 is 0 Å². The maximum atomic E-state index is 11.4. The molecule has 4 rings (SSSR count). The van der Waals surface area contributed by atoms with Gasteiger partial charge in [0.2, 0.25) is 0 Å². The Hall–Kier alpha value is -1.84. The molecule has 0 aliphatic carbocycles. The van der Waals surface area contributed by atoms with Gasteiger partial charge in [0.25, 0.3) is 0 Å². The molecule has 1 saturated heterocycles. The number of benzene rings is 2. The number of β-amino-alcohol motifs (C(OH)–C–C–N with tert-alkyl or cyclic N) is 1. The highest BCUT2D eigenvalue weighted by Gasteiger charge is 2.50. The number of para-hydroxylation sites is 2. The van der Waals surface area contributed by atoms with Crippen molar-refractivity contribution in [2.75, 3.05) is 20.1 Å². The fourth-order valence-electron chi connectivity index (χ4n) is 3.79. The average molecular weight is 281 g/mol. The normalized spacial score (nSPS) is 27.3. The fraction of sp³-hybridized carbons (Fsp3) is 0.333. The summed E-state index contributed by atoms with van der Waals surface area (Å²) in [5.41, 5.74) is 2.24. The Labute approximate surface area is 124 Å². The van der Waals surface area contributed by atoms with Gasteiger partial charge in [0.05, 0.1) is 0 Å². The second-order valence-corrected chi connectivity index (χ2v) is 6.27. The van der Waals surface area contributed by atoms with E-state index < -0.39 is 5.60 Å². The molecule has 21 heavy (non-hydrogen) atoms. The highest BCUT2D eigenvalue weighted by molar-refractivity contribution is 5.54. The van der Waals surface area contributed by atoms with E-state index >= 15 is 0 Å². The molecule has 2 atom stereocenters. The molecule has 2 aromatic rings. The number of fused-ring (bicyclic) bond motifs is 5. The highest BCUT2D eigenvalue weighted by atomic mass is 16.5. The zero-order chi connectivity index (χ0) is 14.6. The quantitative estimate of drug-likeness (QED) is 0.805. The molecule has 0 bridgehead atoms. The number of ether oxygens (including phenoxy) is 1. The van der Waals surface area contributed by atoms with Crippen molar-refractivity contribution in [3.8, 4) is 11.5 Å². The standard InChI is InChI=1S/C18H19NO2/c1-12-6-5-7-13-15-10-19(2)11-18(15,20)14-8-3-4-9-16(14)21-17(12)13/h3-9,15,20H,10-11H2,1-2H3/t15-,18-/m1/s1. The molecule has 2 aliphatic heterocycles. The van der Waals surface area contributed by atoms with E-state index in [-0.39, 0.29) is 5.92 Å². The minimum Gasteiger partial charge on any atom is -0.456 e. The van der Waals surface area contributed by atoms with E-state index in [0.717, 1.165) is 34.7 Å². The van der Waals surface area contributed by atoms with Crippen molar-refractivity contribution in [2.24, 2.45) is 0 Å². The van der Waals surface area contributed by atoms with Crippen LogP contribution in [0.4, 0.5) is 0 Å². The predicted octanol–water partition coefficient (Wildman–Crippen LogP) is 3.02. The number of aryl methyl sites for hydroxylation is 1. The molecule has 3 nitrogen and oxygen atoms in total. The lowest BCUT2D eigenvalue weighted by atomic mass is 9.79. The van der Waals surface area contributed by atoms with Gasteiger partial charge < -0.3 is 14.7 Å². The Bertz CT molecular complexity index is 712. The van der Waals surface area contributed by atoms with E-state index in [4.69, 9.17) is 4.74 Å². The Morgan fingerprint density at radius 1 is 1.19 bits per heavy atom. The van der Waals surface area contributed by atoms with Crippen molar-refractivity contribution in [1.82, 2.24) is 4.90 Å². The summed E-state index contributed by atoms with van der Waals surface area (Å²) < 4.78 is 6.19. The van der Waals surface area contributed by atoms with Crippen LogP contribution in [0.25, 0.3) is 0 Å². The SMILES string of the molecule is Cc1cccc2c1Oc1ccccc1[C@]1(O)CN(C)C[C@H]21. The minimum atomic E-state index is -0.885. The summed E-state index contributed by atoms with van der Waals surface area (Å²) >= 11 is 0. The molecule has 1 N–H and O–H groups in total. The summed E-state index contributed by atoms with van der Waals surface area (Å²) in [6, 6.07) is 14.1. The van der Waals surface area contributed by atoms with Gasteiger partial charge in [-0.1, -0.05) is 36.4 Å². The molecule has 0 spiro atoms. The molecular weight excluding hydrogens is 262 g/mol. The van der Waals surface area contributed by atoms with Crippen LogP contribution in [0.3, 0.4) is 0 Å². The predicted molar refractivity (Wildman–Crippen MR) is 81.8 cm³/mol. The first-order chi connectivity index (χ1) is 10.1. The molecule has 0 saturated carbocycles. The summed E-state index contributed by atoms with van der Waals surface area (Å²) in [5.74, 6) is 1.72. The van der Waals surface area contributed by atoms with Gasteiger partial charge in [-0.2, -0.15) is 0 Å². The molecule has 2 aromatic carbocycles. The zero-order valence-electron chi connectivity index (χ0n) is 12.3. The number of hydrogen-bond donors (Lipinski definition) is 1. The van der Waals surface area contributed by atoms with Crippen LogP contribution in [0.15, 0.2) is 42.5 Å². The third kappa shape index (κ3) is 1.74. The molecule has 0 aromatic heterocycles. The van der Waals surface area contributed by atoms with Crippen LogP contribution in [0, 0.1) is 6.92 Å². The Morgan fingerprint density at radius 3 is 2.86 bits per heavy atom. The van der Waals surface area contributed by atoms with Crippen molar-refractivity contribution >= 4 is 0 Å². The van der Waals surface area contributed by atoms with Crippen molar-refractivity contribution in [1.29, 1.82) is 0 Å². The van der Waals surface area contributed by atoms with Gasteiger partial charge in [0, 0.05) is 30.1 Å². The topological polar surface area (TPSA) is 32.7 Å². The Balaban J connectivity index is 2.02.